The number of likely N-dealkylation sites (tertiary alicyclic amines) is 1. The molecule has 0 aliphatic carbocycles. The maximum Gasteiger partial charge on any atom is 0.253 e. The number of hydrogen-bond acceptors (Lipinski definition) is 4. The number of rotatable bonds is 1. The third-order valence-corrected chi connectivity index (χ3v) is 2.74. The van der Waals surface area contributed by atoms with Crippen molar-refractivity contribution in [1.29, 1.82) is 0 Å². The Balaban J connectivity index is 0.00000112. The van der Waals surface area contributed by atoms with Crippen molar-refractivity contribution in [1.82, 2.24) is 10.2 Å². The van der Waals surface area contributed by atoms with Crippen LogP contribution in [-0.4, -0.2) is 55.7 Å². The fourth-order valence-electron chi connectivity index (χ4n) is 1.92. The Kier molecular flexibility index (Phi) is 4.79. The molecule has 2 rings (SSSR count). The topological polar surface area (TPSA) is 67.6 Å². The predicted octanol–water partition coefficient (Wildman–Crippen LogP) is -1.04. The van der Waals surface area contributed by atoms with Crippen LogP contribution >= 0.6 is 12.4 Å². The van der Waals surface area contributed by atoms with Gasteiger partial charge in [0.15, 0.2) is 0 Å². The van der Waals surface area contributed by atoms with Crippen LogP contribution in [0.2, 0.25) is 0 Å². The van der Waals surface area contributed by atoms with Crippen molar-refractivity contribution in [2.75, 3.05) is 32.8 Å². The predicted molar refractivity (Wildman–Crippen MR) is 59.0 cm³/mol. The Morgan fingerprint density at radius 1 is 1.53 bits per heavy atom. The van der Waals surface area contributed by atoms with Gasteiger partial charge in [0, 0.05) is 32.2 Å². The molecule has 0 aromatic rings. The number of ether oxygens (including phenoxy) is 1. The first kappa shape index (κ1) is 12.7. The van der Waals surface area contributed by atoms with E-state index in [1.807, 2.05) is 4.90 Å². The second kappa shape index (κ2) is 5.65. The maximum absolute atomic E-state index is 11.9. The number of morpholine rings is 1. The number of amides is 1. The van der Waals surface area contributed by atoms with E-state index < -0.39 is 0 Å². The summed E-state index contributed by atoms with van der Waals surface area (Å²) in [4.78, 5) is 13.7. The number of hydrogen-bond donors (Lipinski definition) is 2. The van der Waals surface area contributed by atoms with E-state index in [4.69, 9.17) is 10.5 Å². The molecule has 0 spiro atoms. The molecule has 0 unspecified atom stereocenters. The zero-order valence-corrected chi connectivity index (χ0v) is 9.46. The number of nitrogens with two attached hydrogens (primary N) is 1. The Morgan fingerprint density at radius 2 is 2.33 bits per heavy atom. The molecule has 2 saturated heterocycles. The van der Waals surface area contributed by atoms with E-state index in [9.17, 15) is 4.79 Å². The molecule has 88 valence electrons. The van der Waals surface area contributed by atoms with Crippen LogP contribution in [0.3, 0.4) is 0 Å². The van der Waals surface area contributed by atoms with Crippen LogP contribution in [0.5, 0.6) is 0 Å². The minimum absolute atomic E-state index is 0. The van der Waals surface area contributed by atoms with Gasteiger partial charge in [-0.05, 0) is 6.42 Å². The zero-order valence-electron chi connectivity index (χ0n) is 8.65. The van der Waals surface area contributed by atoms with Gasteiger partial charge in [0.25, 0.3) is 5.91 Å². The van der Waals surface area contributed by atoms with Gasteiger partial charge in [-0.1, -0.05) is 0 Å². The van der Waals surface area contributed by atoms with Gasteiger partial charge in [-0.3, -0.25) is 4.79 Å². The number of nitrogens with zero attached hydrogens (tertiary/aromatic N) is 1. The van der Waals surface area contributed by atoms with Crippen LogP contribution in [0.15, 0.2) is 0 Å². The summed E-state index contributed by atoms with van der Waals surface area (Å²) in [5.41, 5.74) is 5.74. The minimum atomic E-state index is -0.297. The Bertz CT molecular complexity index is 215. The second-order valence-electron chi connectivity index (χ2n) is 3.90. The van der Waals surface area contributed by atoms with E-state index in [2.05, 4.69) is 5.32 Å². The first-order valence-corrected chi connectivity index (χ1v) is 5.14. The quantitative estimate of drug-likeness (QED) is 0.609. The van der Waals surface area contributed by atoms with Crippen LogP contribution in [-0.2, 0) is 9.53 Å². The fraction of sp³-hybridized carbons (Fsp3) is 0.889. The highest BCUT2D eigenvalue weighted by Gasteiger charge is 2.30. The molecule has 2 aliphatic heterocycles. The van der Waals surface area contributed by atoms with E-state index >= 15 is 0 Å². The van der Waals surface area contributed by atoms with E-state index in [0.29, 0.717) is 19.7 Å². The molecule has 0 radical (unpaired) electrons. The standard InChI is InChI=1S/C9H17N3O2.ClH/c10-7-1-3-12(6-7)9(13)8-5-11-2-4-14-8;/h7-8,11H,1-6,10H2;1H/t7-,8-;/m1./s1. The third-order valence-electron chi connectivity index (χ3n) is 2.74. The molecule has 15 heavy (non-hydrogen) atoms. The van der Waals surface area contributed by atoms with Crippen molar-refractivity contribution >= 4 is 18.3 Å². The second-order valence-corrected chi connectivity index (χ2v) is 3.90. The van der Waals surface area contributed by atoms with Crippen LogP contribution in [0, 0.1) is 0 Å². The highest BCUT2D eigenvalue weighted by molar-refractivity contribution is 5.85. The SMILES string of the molecule is Cl.N[C@@H]1CCN(C(=O)[C@H]2CNCCO2)C1. The smallest absolute Gasteiger partial charge is 0.253 e. The van der Waals surface area contributed by atoms with Crippen molar-refractivity contribution < 1.29 is 9.53 Å². The van der Waals surface area contributed by atoms with Gasteiger partial charge in [0.2, 0.25) is 0 Å². The lowest BCUT2D eigenvalue weighted by Gasteiger charge is -2.26. The van der Waals surface area contributed by atoms with E-state index in [1.54, 1.807) is 0 Å². The van der Waals surface area contributed by atoms with E-state index in [0.717, 1.165) is 19.5 Å². The van der Waals surface area contributed by atoms with Crippen molar-refractivity contribution in [3.8, 4) is 0 Å². The van der Waals surface area contributed by atoms with Gasteiger partial charge < -0.3 is 20.7 Å². The molecular formula is C9H18ClN3O2. The number of nitrogens with one attached hydrogen (secondary N) is 1. The summed E-state index contributed by atoms with van der Waals surface area (Å²) in [6, 6.07) is 0.149. The van der Waals surface area contributed by atoms with Crippen molar-refractivity contribution in [2.45, 2.75) is 18.6 Å². The number of halogens is 1. The molecule has 3 N–H and O–H groups in total. The Hall–Kier alpha value is -0.360. The summed E-state index contributed by atoms with van der Waals surface area (Å²) >= 11 is 0. The molecule has 2 aliphatic rings. The van der Waals surface area contributed by atoms with Crippen LogP contribution in [0.1, 0.15) is 6.42 Å². The molecule has 0 aromatic heterocycles. The van der Waals surface area contributed by atoms with Gasteiger partial charge in [-0.2, -0.15) is 0 Å². The largest absolute Gasteiger partial charge is 0.366 e. The summed E-state index contributed by atoms with van der Waals surface area (Å²) in [6.07, 6.45) is 0.611. The van der Waals surface area contributed by atoms with Crippen LogP contribution in [0.4, 0.5) is 0 Å². The molecule has 2 atom stereocenters. The van der Waals surface area contributed by atoms with Crippen molar-refractivity contribution in [2.24, 2.45) is 5.73 Å². The first-order valence-electron chi connectivity index (χ1n) is 5.14. The molecule has 1 amide bonds. The average Bonchev–Trinajstić information content (AvgIpc) is 2.65. The lowest BCUT2D eigenvalue weighted by Crippen LogP contribution is -2.49. The molecule has 2 heterocycles. The third kappa shape index (κ3) is 3.04. The van der Waals surface area contributed by atoms with E-state index in [1.165, 1.54) is 0 Å². The lowest BCUT2D eigenvalue weighted by atomic mass is 10.2. The fourth-order valence-corrected chi connectivity index (χ4v) is 1.92. The van der Waals surface area contributed by atoms with Crippen LogP contribution in [0.25, 0.3) is 0 Å². The van der Waals surface area contributed by atoms with Gasteiger partial charge in [0.1, 0.15) is 6.10 Å². The molecule has 6 heteroatoms. The summed E-state index contributed by atoms with van der Waals surface area (Å²) in [7, 11) is 0. The van der Waals surface area contributed by atoms with Gasteiger partial charge in [0.05, 0.1) is 6.61 Å². The normalized spacial score (nSPS) is 31.1. The monoisotopic (exact) mass is 235 g/mol. The number of carbonyl (C=O) groups excluding carboxylic acids is 1. The highest BCUT2D eigenvalue weighted by atomic mass is 35.5. The van der Waals surface area contributed by atoms with Gasteiger partial charge in [-0.25, -0.2) is 0 Å². The van der Waals surface area contributed by atoms with Gasteiger partial charge >= 0.3 is 0 Å². The minimum Gasteiger partial charge on any atom is -0.366 e. The summed E-state index contributed by atoms with van der Waals surface area (Å²) < 4.78 is 5.39. The van der Waals surface area contributed by atoms with E-state index in [-0.39, 0.29) is 30.5 Å². The Morgan fingerprint density at radius 3 is 2.87 bits per heavy atom. The van der Waals surface area contributed by atoms with Crippen molar-refractivity contribution in [3.63, 3.8) is 0 Å². The molecule has 0 aromatic carbocycles. The highest BCUT2D eigenvalue weighted by Crippen LogP contribution is 2.10. The first-order chi connectivity index (χ1) is 6.77. The summed E-state index contributed by atoms with van der Waals surface area (Å²) in [5.74, 6) is 0.0881. The maximum atomic E-state index is 11.9. The number of carbonyl (C=O) groups is 1. The van der Waals surface area contributed by atoms with Crippen LogP contribution < -0.4 is 11.1 Å². The summed E-state index contributed by atoms with van der Waals surface area (Å²) in [5, 5.41) is 3.15. The Labute approximate surface area is 95.7 Å². The molecule has 2 fully saturated rings. The zero-order chi connectivity index (χ0) is 9.97. The lowest BCUT2D eigenvalue weighted by molar-refractivity contribution is -0.144. The van der Waals surface area contributed by atoms with Crippen molar-refractivity contribution in [3.05, 3.63) is 0 Å². The summed E-state index contributed by atoms with van der Waals surface area (Å²) in [6.45, 7) is 3.54. The molecular weight excluding hydrogens is 218 g/mol. The average molecular weight is 236 g/mol. The molecule has 0 bridgehead atoms. The van der Waals surface area contributed by atoms with Gasteiger partial charge in [-0.15, -0.1) is 12.4 Å². The molecule has 5 nitrogen and oxygen atoms in total. The molecule has 0 saturated carbocycles.